The number of para-hydroxylation sites is 1. The Hall–Kier alpha value is -2.21. The molecule has 0 radical (unpaired) electrons. The van der Waals surface area contributed by atoms with Crippen molar-refractivity contribution in [2.75, 3.05) is 12.3 Å². The average Bonchev–Trinajstić information content (AvgIpc) is 2.53. The Balaban J connectivity index is 0.00000288. The molecule has 0 aliphatic carbocycles. The van der Waals surface area contributed by atoms with E-state index in [1.165, 1.54) is 0 Å². The molecule has 0 aliphatic heterocycles. The van der Waals surface area contributed by atoms with Crippen LogP contribution in [0.25, 0.3) is 0 Å². The maximum atomic E-state index is 10.4. The van der Waals surface area contributed by atoms with E-state index in [2.05, 4.69) is 0 Å². The van der Waals surface area contributed by atoms with Crippen molar-refractivity contribution in [3.63, 3.8) is 0 Å². The summed E-state index contributed by atoms with van der Waals surface area (Å²) in [6, 6.07) is 14.8. The van der Waals surface area contributed by atoms with Crippen LogP contribution < -0.4 is 15.2 Å². The highest BCUT2D eigenvalue weighted by Crippen LogP contribution is 2.29. The molecule has 0 aromatic heterocycles. The van der Waals surface area contributed by atoms with Crippen molar-refractivity contribution < 1.29 is 19.4 Å². The predicted octanol–water partition coefficient (Wildman–Crippen LogP) is 4.66. The fourth-order valence-corrected chi connectivity index (χ4v) is 2.08. The topological polar surface area (TPSA) is 81.8 Å². The number of hydrogen-bond donors (Lipinski definition) is 2. The predicted molar refractivity (Wildman–Crippen MR) is 99.3 cm³/mol. The summed E-state index contributed by atoms with van der Waals surface area (Å²) in [5, 5.41) is 8.56. The van der Waals surface area contributed by atoms with Crippen LogP contribution in [0.1, 0.15) is 25.7 Å². The minimum absolute atomic E-state index is 0. The van der Waals surface area contributed by atoms with Gasteiger partial charge in [-0.05, 0) is 43.5 Å². The van der Waals surface area contributed by atoms with Crippen LogP contribution in [-0.4, -0.2) is 17.7 Å². The molecule has 6 heteroatoms. The summed E-state index contributed by atoms with van der Waals surface area (Å²) in [5.74, 6) is 1.26. The van der Waals surface area contributed by atoms with E-state index >= 15 is 0 Å². The lowest BCUT2D eigenvalue weighted by Gasteiger charge is -2.11. The highest BCUT2D eigenvalue weighted by Gasteiger charge is 2.04. The highest BCUT2D eigenvalue weighted by molar-refractivity contribution is 8.93. The molecule has 0 spiro atoms. The first kappa shape index (κ1) is 19.8. The van der Waals surface area contributed by atoms with Crippen molar-refractivity contribution in [3.8, 4) is 17.2 Å². The summed E-state index contributed by atoms with van der Waals surface area (Å²) in [4.78, 5) is 10.4. The summed E-state index contributed by atoms with van der Waals surface area (Å²) >= 11 is 0. The van der Waals surface area contributed by atoms with Gasteiger partial charge in [-0.2, -0.15) is 0 Å². The second kappa shape index (κ2) is 10.5. The highest BCUT2D eigenvalue weighted by atomic mass is 79.9. The number of benzene rings is 2. The molecule has 2 rings (SSSR count). The minimum atomic E-state index is -0.760. The van der Waals surface area contributed by atoms with E-state index in [0.29, 0.717) is 30.2 Å². The second-order valence-electron chi connectivity index (χ2n) is 5.17. The zero-order valence-corrected chi connectivity index (χ0v) is 15.0. The van der Waals surface area contributed by atoms with Crippen molar-refractivity contribution in [3.05, 3.63) is 48.5 Å². The fourth-order valence-electron chi connectivity index (χ4n) is 2.08. The lowest BCUT2D eigenvalue weighted by molar-refractivity contribution is -0.137. The quantitative estimate of drug-likeness (QED) is 0.476. The Labute approximate surface area is 152 Å². The Morgan fingerprint density at radius 2 is 1.75 bits per heavy atom. The molecule has 0 saturated heterocycles. The maximum absolute atomic E-state index is 10.4. The van der Waals surface area contributed by atoms with E-state index in [0.717, 1.165) is 18.6 Å². The van der Waals surface area contributed by atoms with Gasteiger partial charge in [-0.25, -0.2) is 0 Å². The normalized spacial score (nSPS) is 9.83. The number of aliphatic carboxylic acids is 1. The number of carboxylic acids is 1. The van der Waals surface area contributed by atoms with Crippen molar-refractivity contribution in [1.82, 2.24) is 0 Å². The number of hydrogen-bond acceptors (Lipinski definition) is 4. The second-order valence-corrected chi connectivity index (χ2v) is 5.17. The van der Waals surface area contributed by atoms with Gasteiger partial charge < -0.3 is 20.3 Å². The number of nitrogens with two attached hydrogens (primary N) is 1. The molecule has 5 nitrogen and oxygen atoms in total. The Morgan fingerprint density at radius 1 is 1.00 bits per heavy atom. The van der Waals surface area contributed by atoms with Crippen LogP contribution in [-0.2, 0) is 4.79 Å². The van der Waals surface area contributed by atoms with Crippen LogP contribution in [0.15, 0.2) is 48.5 Å². The van der Waals surface area contributed by atoms with Gasteiger partial charge in [-0.3, -0.25) is 4.79 Å². The minimum Gasteiger partial charge on any atom is -0.491 e. The molecule has 3 N–H and O–H groups in total. The molecule has 2 aromatic carbocycles. The smallest absolute Gasteiger partial charge is 0.303 e. The lowest BCUT2D eigenvalue weighted by atomic mass is 10.2. The summed E-state index contributed by atoms with van der Waals surface area (Å²) in [6.07, 6.45) is 2.49. The molecule has 0 unspecified atom stereocenters. The van der Waals surface area contributed by atoms with Crippen LogP contribution in [0.4, 0.5) is 5.69 Å². The Bertz CT molecular complexity index is 634. The number of anilines is 1. The van der Waals surface area contributed by atoms with Crippen LogP contribution in [0.3, 0.4) is 0 Å². The van der Waals surface area contributed by atoms with Gasteiger partial charge in [-0.1, -0.05) is 18.2 Å². The number of halogens is 1. The van der Waals surface area contributed by atoms with E-state index < -0.39 is 5.97 Å². The number of carbonyl (C=O) groups is 1. The molecule has 0 aliphatic rings. The number of ether oxygens (including phenoxy) is 2. The molecular weight excluding hydrogens is 374 g/mol. The molecular formula is C18H22BrNO4. The number of rotatable bonds is 9. The summed E-state index contributed by atoms with van der Waals surface area (Å²) < 4.78 is 11.3. The number of unbranched alkanes of at least 4 members (excludes halogenated alkanes) is 2. The van der Waals surface area contributed by atoms with Gasteiger partial charge in [-0.15, -0.1) is 17.0 Å². The fraction of sp³-hybridized carbons (Fsp3) is 0.278. The molecule has 0 amide bonds. The van der Waals surface area contributed by atoms with E-state index in [1.807, 2.05) is 36.4 Å². The summed E-state index contributed by atoms with van der Waals surface area (Å²) in [6.45, 7) is 0.517. The van der Waals surface area contributed by atoms with Gasteiger partial charge in [0.05, 0.1) is 12.3 Å². The van der Waals surface area contributed by atoms with Crippen LogP contribution >= 0.6 is 17.0 Å². The molecule has 24 heavy (non-hydrogen) atoms. The first-order valence-electron chi connectivity index (χ1n) is 7.62. The largest absolute Gasteiger partial charge is 0.491 e. The van der Waals surface area contributed by atoms with Crippen molar-refractivity contribution in [1.29, 1.82) is 0 Å². The lowest BCUT2D eigenvalue weighted by Crippen LogP contribution is -2.01. The van der Waals surface area contributed by atoms with Gasteiger partial charge >= 0.3 is 5.97 Å². The monoisotopic (exact) mass is 395 g/mol. The van der Waals surface area contributed by atoms with Crippen molar-refractivity contribution >= 4 is 28.6 Å². The molecule has 130 valence electrons. The first-order valence-corrected chi connectivity index (χ1v) is 7.62. The van der Waals surface area contributed by atoms with Gasteiger partial charge in [0.2, 0.25) is 0 Å². The van der Waals surface area contributed by atoms with Crippen molar-refractivity contribution in [2.24, 2.45) is 0 Å². The van der Waals surface area contributed by atoms with E-state index in [1.54, 1.807) is 12.1 Å². The zero-order chi connectivity index (χ0) is 16.5. The molecule has 0 saturated carbocycles. The third-order valence-electron chi connectivity index (χ3n) is 3.25. The van der Waals surface area contributed by atoms with Gasteiger partial charge in [0.1, 0.15) is 17.2 Å². The van der Waals surface area contributed by atoms with Crippen molar-refractivity contribution in [2.45, 2.75) is 25.7 Å². The number of carboxylic acid groups (broad SMARTS) is 1. The van der Waals surface area contributed by atoms with Gasteiger partial charge in [0.25, 0.3) is 0 Å². The standard InChI is InChI=1S/C18H21NO4.BrH/c19-16-13-15(23-14-7-3-1-4-8-14)10-11-17(16)22-12-6-2-5-9-18(20)21;/h1,3-4,7-8,10-11,13H,2,5-6,9,12,19H2,(H,20,21);1H. The number of nitrogen functional groups attached to an aromatic ring is 1. The van der Waals surface area contributed by atoms with Gasteiger partial charge in [0.15, 0.2) is 0 Å². The Kier molecular flexibility index (Phi) is 8.71. The van der Waals surface area contributed by atoms with Crippen LogP contribution in [0, 0.1) is 0 Å². The third kappa shape index (κ3) is 6.91. The van der Waals surface area contributed by atoms with E-state index in [4.69, 9.17) is 20.3 Å². The van der Waals surface area contributed by atoms with Gasteiger partial charge in [0, 0.05) is 12.5 Å². The zero-order valence-electron chi connectivity index (χ0n) is 13.3. The van der Waals surface area contributed by atoms with E-state index in [9.17, 15) is 4.79 Å². The summed E-state index contributed by atoms with van der Waals surface area (Å²) in [5.41, 5.74) is 6.49. The maximum Gasteiger partial charge on any atom is 0.303 e. The SMILES string of the molecule is Br.Nc1cc(Oc2ccccc2)ccc1OCCCCCC(=O)O. The van der Waals surface area contributed by atoms with E-state index in [-0.39, 0.29) is 23.4 Å². The summed E-state index contributed by atoms with van der Waals surface area (Å²) in [7, 11) is 0. The molecule has 0 bridgehead atoms. The molecule has 2 aromatic rings. The molecule has 0 heterocycles. The van der Waals surface area contributed by atoms with Crippen LogP contribution in [0.5, 0.6) is 17.2 Å². The van der Waals surface area contributed by atoms with Crippen LogP contribution in [0.2, 0.25) is 0 Å². The Morgan fingerprint density at radius 3 is 2.42 bits per heavy atom. The molecule has 0 fully saturated rings. The molecule has 0 atom stereocenters. The first-order chi connectivity index (χ1) is 11.1. The third-order valence-corrected chi connectivity index (χ3v) is 3.25. The average molecular weight is 396 g/mol.